The third-order valence-corrected chi connectivity index (χ3v) is 5.73. The van der Waals surface area contributed by atoms with E-state index in [-0.39, 0.29) is 0 Å². The first-order chi connectivity index (χ1) is 6.02. The standard InChI is InChI=1S/C11H25NSi/c1-6-10-13(4,5)11-8-9-12(3)7-2/h6H,1,7-11H2,2-5H3. The van der Waals surface area contributed by atoms with Gasteiger partial charge >= 0.3 is 0 Å². The second-order valence-electron chi connectivity index (χ2n) is 4.66. The SMILES string of the molecule is C=CC[Si](C)(C)CCCN(C)CC. The molecule has 2 heteroatoms. The number of hydrogen-bond acceptors (Lipinski definition) is 1. The molecule has 0 rings (SSSR count). The molecule has 0 spiro atoms. The largest absolute Gasteiger partial charge is 0.307 e. The Kier molecular flexibility index (Phi) is 6.34. The predicted molar refractivity (Wildman–Crippen MR) is 65.1 cm³/mol. The molecule has 0 unspecified atom stereocenters. The highest BCUT2D eigenvalue weighted by molar-refractivity contribution is 6.77. The van der Waals surface area contributed by atoms with Crippen LogP contribution in [-0.2, 0) is 0 Å². The quantitative estimate of drug-likeness (QED) is 0.449. The van der Waals surface area contributed by atoms with E-state index in [4.69, 9.17) is 0 Å². The van der Waals surface area contributed by atoms with Gasteiger partial charge in [0.15, 0.2) is 0 Å². The molecule has 78 valence electrons. The first kappa shape index (κ1) is 12.9. The summed E-state index contributed by atoms with van der Waals surface area (Å²) in [7, 11) is 1.27. The van der Waals surface area contributed by atoms with Gasteiger partial charge in [-0.1, -0.05) is 32.1 Å². The Balaban J connectivity index is 3.56. The zero-order chi connectivity index (χ0) is 10.3. The molecule has 0 radical (unpaired) electrons. The zero-order valence-corrected chi connectivity index (χ0v) is 10.8. The summed E-state index contributed by atoms with van der Waals surface area (Å²) >= 11 is 0. The van der Waals surface area contributed by atoms with Gasteiger partial charge in [0.2, 0.25) is 0 Å². The van der Waals surface area contributed by atoms with E-state index in [2.05, 4.69) is 44.6 Å². The predicted octanol–water partition coefficient (Wildman–Crippen LogP) is 3.22. The first-order valence-electron chi connectivity index (χ1n) is 5.31. The van der Waals surface area contributed by atoms with Crippen LogP contribution < -0.4 is 0 Å². The Morgan fingerprint density at radius 2 is 2.00 bits per heavy atom. The van der Waals surface area contributed by atoms with Gasteiger partial charge in [-0.2, -0.15) is 0 Å². The van der Waals surface area contributed by atoms with Gasteiger partial charge < -0.3 is 4.90 Å². The van der Waals surface area contributed by atoms with E-state index in [1.54, 1.807) is 0 Å². The maximum atomic E-state index is 3.83. The molecule has 0 saturated heterocycles. The Labute approximate surface area is 84.8 Å². The number of nitrogens with zero attached hydrogens (tertiary/aromatic N) is 1. The second-order valence-corrected chi connectivity index (χ2v) is 9.89. The van der Waals surface area contributed by atoms with Gasteiger partial charge in [0.1, 0.15) is 0 Å². The molecule has 0 aliphatic rings. The summed E-state index contributed by atoms with van der Waals surface area (Å²) in [4.78, 5) is 2.39. The minimum atomic E-state index is -0.928. The van der Waals surface area contributed by atoms with Gasteiger partial charge in [0, 0.05) is 0 Å². The molecular weight excluding hydrogens is 174 g/mol. The van der Waals surface area contributed by atoms with Crippen LogP contribution in [-0.4, -0.2) is 33.1 Å². The van der Waals surface area contributed by atoms with Crippen LogP contribution in [0.15, 0.2) is 12.7 Å². The van der Waals surface area contributed by atoms with E-state index in [1.165, 1.54) is 31.6 Å². The van der Waals surface area contributed by atoms with E-state index < -0.39 is 8.07 Å². The van der Waals surface area contributed by atoms with Crippen molar-refractivity contribution in [1.82, 2.24) is 4.90 Å². The summed E-state index contributed by atoms with van der Waals surface area (Å²) in [6.07, 6.45) is 3.45. The van der Waals surface area contributed by atoms with Crippen molar-refractivity contribution >= 4 is 8.07 Å². The van der Waals surface area contributed by atoms with Crippen molar-refractivity contribution < 1.29 is 0 Å². The van der Waals surface area contributed by atoms with Crippen molar-refractivity contribution in [3.63, 3.8) is 0 Å². The summed E-state index contributed by atoms with van der Waals surface area (Å²) < 4.78 is 0. The Hall–Kier alpha value is -0.0831. The molecule has 0 atom stereocenters. The van der Waals surface area contributed by atoms with E-state index in [0.717, 1.165) is 0 Å². The van der Waals surface area contributed by atoms with Crippen molar-refractivity contribution in [2.75, 3.05) is 20.1 Å². The lowest BCUT2D eigenvalue weighted by Gasteiger charge is -2.22. The fourth-order valence-electron chi connectivity index (χ4n) is 1.48. The average molecular weight is 199 g/mol. The number of rotatable bonds is 7. The van der Waals surface area contributed by atoms with E-state index in [9.17, 15) is 0 Å². The fourth-order valence-corrected chi connectivity index (χ4v) is 3.58. The highest BCUT2D eigenvalue weighted by Crippen LogP contribution is 2.17. The van der Waals surface area contributed by atoms with Crippen LogP contribution in [0.5, 0.6) is 0 Å². The molecule has 0 N–H and O–H groups in total. The van der Waals surface area contributed by atoms with Crippen molar-refractivity contribution in [1.29, 1.82) is 0 Å². The maximum absolute atomic E-state index is 3.83. The Morgan fingerprint density at radius 1 is 1.38 bits per heavy atom. The monoisotopic (exact) mass is 199 g/mol. The van der Waals surface area contributed by atoms with Gasteiger partial charge in [0.05, 0.1) is 8.07 Å². The van der Waals surface area contributed by atoms with Crippen LogP contribution >= 0.6 is 0 Å². The van der Waals surface area contributed by atoms with Crippen molar-refractivity contribution in [3.05, 3.63) is 12.7 Å². The normalized spacial score (nSPS) is 12.1. The summed E-state index contributed by atoms with van der Waals surface area (Å²) in [6.45, 7) is 13.4. The van der Waals surface area contributed by atoms with Crippen molar-refractivity contribution in [2.24, 2.45) is 0 Å². The van der Waals surface area contributed by atoms with Gasteiger partial charge in [0.25, 0.3) is 0 Å². The molecule has 0 fully saturated rings. The third kappa shape index (κ3) is 7.02. The summed E-state index contributed by atoms with van der Waals surface area (Å²) in [5, 5.41) is 0. The first-order valence-corrected chi connectivity index (χ1v) is 8.72. The van der Waals surface area contributed by atoms with Gasteiger partial charge in [-0.25, -0.2) is 0 Å². The van der Waals surface area contributed by atoms with Crippen molar-refractivity contribution in [3.8, 4) is 0 Å². The lowest BCUT2D eigenvalue weighted by Crippen LogP contribution is -2.26. The van der Waals surface area contributed by atoms with Gasteiger partial charge in [-0.15, -0.1) is 6.58 Å². The molecule has 0 amide bonds. The summed E-state index contributed by atoms with van der Waals surface area (Å²) in [5.41, 5.74) is 0. The molecule has 0 aromatic heterocycles. The average Bonchev–Trinajstić information content (AvgIpc) is 2.03. The van der Waals surface area contributed by atoms with Crippen LogP contribution in [0.3, 0.4) is 0 Å². The van der Waals surface area contributed by atoms with Crippen LogP contribution in [0, 0.1) is 0 Å². The molecule has 0 bridgehead atoms. The molecule has 0 aliphatic carbocycles. The van der Waals surface area contributed by atoms with Gasteiger partial charge in [-0.3, -0.25) is 0 Å². The minimum Gasteiger partial charge on any atom is -0.307 e. The molecule has 13 heavy (non-hydrogen) atoms. The molecule has 1 nitrogen and oxygen atoms in total. The lowest BCUT2D eigenvalue weighted by atomic mass is 10.4. The molecule has 0 aliphatic heterocycles. The Bertz CT molecular complexity index is 143. The highest BCUT2D eigenvalue weighted by Gasteiger charge is 2.17. The fraction of sp³-hybridized carbons (Fsp3) is 0.818. The minimum absolute atomic E-state index is 0.928. The molecule has 0 heterocycles. The van der Waals surface area contributed by atoms with Crippen LogP contribution in [0.4, 0.5) is 0 Å². The zero-order valence-electron chi connectivity index (χ0n) is 9.77. The summed E-state index contributed by atoms with van der Waals surface area (Å²) in [6, 6.07) is 2.70. The lowest BCUT2D eigenvalue weighted by molar-refractivity contribution is 0.353. The summed E-state index contributed by atoms with van der Waals surface area (Å²) in [5.74, 6) is 0. The van der Waals surface area contributed by atoms with Gasteiger partial charge in [-0.05, 0) is 32.6 Å². The number of allylic oxidation sites excluding steroid dienone is 1. The third-order valence-electron chi connectivity index (χ3n) is 2.63. The van der Waals surface area contributed by atoms with E-state index in [1.807, 2.05) is 0 Å². The van der Waals surface area contributed by atoms with E-state index >= 15 is 0 Å². The second kappa shape index (κ2) is 6.38. The maximum Gasteiger partial charge on any atom is 0.0511 e. The molecular formula is C11H25NSi. The smallest absolute Gasteiger partial charge is 0.0511 e. The molecule has 0 aromatic carbocycles. The highest BCUT2D eigenvalue weighted by atomic mass is 28.3. The Morgan fingerprint density at radius 3 is 2.46 bits per heavy atom. The number of hydrogen-bond donors (Lipinski definition) is 0. The molecule has 0 saturated carbocycles. The van der Waals surface area contributed by atoms with Crippen LogP contribution in [0.25, 0.3) is 0 Å². The van der Waals surface area contributed by atoms with E-state index in [0.29, 0.717) is 0 Å². The van der Waals surface area contributed by atoms with Crippen LogP contribution in [0.2, 0.25) is 25.2 Å². The topological polar surface area (TPSA) is 3.24 Å². The molecule has 0 aromatic rings. The van der Waals surface area contributed by atoms with Crippen LogP contribution in [0.1, 0.15) is 13.3 Å². The van der Waals surface area contributed by atoms with Crippen molar-refractivity contribution in [2.45, 2.75) is 38.5 Å².